The summed E-state index contributed by atoms with van der Waals surface area (Å²) in [6, 6.07) is 24.1. The molecular weight excluding hydrogens is 442 g/mol. The van der Waals surface area contributed by atoms with Crippen LogP contribution in [0.5, 0.6) is 5.75 Å². The molecule has 1 heterocycles. The summed E-state index contributed by atoms with van der Waals surface area (Å²) in [6.07, 6.45) is 1.81. The molecule has 0 aliphatic carbocycles. The Morgan fingerprint density at radius 2 is 1.69 bits per heavy atom. The van der Waals surface area contributed by atoms with Crippen molar-refractivity contribution >= 4 is 51.9 Å². The minimum absolute atomic E-state index is 0.199. The number of thioether (sulfide) groups is 1. The van der Waals surface area contributed by atoms with Gasteiger partial charge in [0.15, 0.2) is 4.32 Å². The molecule has 1 aliphatic heterocycles. The van der Waals surface area contributed by atoms with Gasteiger partial charge in [0.25, 0.3) is 5.91 Å². The standard InChI is InChI=1S/C25H19NO4S2/c1-29-24(28)19-9-11-20(12-10-19)26-23(27)22(32-25(26)31)15-17-7-13-21(14-8-17)30-16-18-5-3-2-4-6-18/h2-15H,16H2,1H3/b22-15-. The number of hydrogen-bond donors (Lipinski definition) is 0. The maximum Gasteiger partial charge on any atom is 0.337 e. The largest absolute Gasteiger partial charge is 0.489 e. The van der Waals surface area contributed by atoms with Crippen LogP contribution in [0, 0.1) is 0 Å². The van der Waals surface area contributed by atoms with E-state index in [9.17, 15) is 9.59 Å². The lowest BCUT2D eigenvalue weighted by Crippen LogP contribution is -2.27. The average Bonchev–Trinajstić information content (AvgIpc) is 3.11. The lowest BCUT2D eigenvalue weighted by atomic mass is 10.2. The van der Waals surface area contributed by atoms with E-state index in [1.165, 1.54) is 23.8 Å². The van der Waals surface area contributed by atoms with Gasteiger partial charge in [-0.3, -0.25) is 9.69 Å². The van der Waals surface area contributed by atoms with Crippen LogP contribution in [-0.2, 0) is 16.1 Å². The summed E-state index contributed by atoms with van der Waals surface area (Å²) in [4.78, 5) is 26.6. The van der Waals surface area contributed by atoms with E-state index in [2.05, 4.69) is 0 Å². The number of carbonyl (C=O) groups excluding carboxylic acids is 2. The number of carbonyl (C=O) groups is 2. The molecule has 1 amide bonds. The maximum atomic E-state index is 13.0. The number of methoxy groups -OCH3 is 1. The van der Waals surface area contributed by atoms with Crippen molar-refractivity contribution < 1.29 is 19.1 Å². The van der Waals surface area contributed by atoms with Crippen LogP contribution < -0.4 is 9.64 Å². The SMILES string of the molecule is COC(=O)c1ccc(N2C(=O)/C(=C/c3ccc(OCc4ccccc4)cc3)SC2=S)cc1. The highest BCUT2D eigenvalue weighted by Crippen LogP contribution is 2.36. The van der Waals surface area contributed by atoms with Gasteiger partial charge >= 0.3 is 5.97 Å². The van der Waals surface area contributed by atoms with E-state index in [-0.39, 0.29) is 5.91 Å². The summed E-state index contributed by atoms with van der Waals surface area (Å²) >= 11 is 6.66. The molecule has 0 radical (unpaired) electrons. The minimum atomic E-state index is -0.432. The van der Waals surface area contributed by atoms with Gasteiger partial charge < -0.3 is 9.47 Å². The van der Waals surface area contributed by atoms with Crippen molar-refractivity contribution in [2.45, 2.75) is 6.61 Å². The number of benzene rings is 3. The first-order valence-electron chi connectivity index (χ1n) is 9.78. The first kappa shape index (κ1) is 21.8. The Kier molecular flexibility index (Phi) is 6.68. The lowest BCUT2D eigenvalue weighted by molar-refractivity contribution is -0.113. The summed E-state index contributed by atoms with van der Waals surface area (Å²) in [5, 5.41) is 0. The molecule has 1 aliphatic rings. The number of ether oxygens (including phenoxy) is 2. The molecule has 0 spiro atoms. The van der Waals surface area contributed by atoms with Crippen LogP contribution >= 0.6 is 24.0 Å². The fourth-order valence-electron chi connectivity index (χ4n) is 3.11. The Bertz CT molecular complexity index is 1170. The summed E-state index contributed by atoms with van der Waals surface area (Å²) in [5.41, 5.74) is 2.98. The third kappa shape index (κ3) is 4.90. The molecule has 0 saturated carbocycles. The van der Waals surface area contributed by atoms with E-state index in [0.29, 0.717) is 27.1 Å². The van der Waals surface area contributed by atoms with Crippen molar-refractivity contribution in [3.05, 3.63) is 100 Å². The van der Waals surface area contributed by atoms with Gasteiger partial charge in [0.1, 0.15) is 12.4 Å². The summed E-state index contributed by atoms with van der Waals surface area (Å²) in [7, 11) is 1.32. The monoisotopic (exact) mass is 461 g/mol. The number of rotatable bonds is 6. The van der Waals surface area contributed by atoms with E-state index in [4.69, 9.17) is 21.7 Å². The number of anilines is 1. The van der Waals surface area contributed by atoms with Gasteiger partial charge in [0, 0.05) is 0 Å². The third-order valence-electron chi connectivity index (χ3n) is 4.77. The Hall–Kier alpha value is -3.42. The topological polar surface area (TPSA) is 55.8 Å². The Morgan fingerprint density at radius 1 is 1.00 bits per heavy atom. The molecule has 0 unspecified atom stereocenters. The molecule has 5 nitrogen and oxygen atoms in total. The van der Waals surface area contributed by atoms with Gasteiger partial charge in [-0.1, -0.05) is 66.4 Å². The van der Waals surface area contributed by atoms with Crippen molar-refractivity contribution in [1.82, 2.24) is 0 Å². The van der Waals surface area contributed by atoms with Crippen LogP contribution in [0.1, 0.15) is 21.5 Å². The highest BCUT2D eigenvalue weighted by Gasteiger charge is 2.33. The van der Waals surface area contributed by atoms with Crippen LogP contribution in [0.15, 0.2) is 83.8 Å². The summed E-state index contributed by atoms with van der Waals surface area (Å²) in [5.74, 6) is 0.123. The fraction of sp³-hybridized carbons (Fsp3) is 0.0800. The molecule has 3 aromatic carbocycles. The smallest absolute Gasteiger partial charge is 0.337 e. The van der Waals surface area contributed by atoms with Crippen molar-refractivity contribution in [2.24, 2.45) is 0 Å². The van der Waals surface area contributed by atoms with E-state index < -0.39 is 5.97 Å². The third-order valence-corrected chi connectivity index (χ3v) is 6.07. The quantitative estimate of drug-likeness (QED) is 0.276. The van der Waals surface area contributed by atoms with Crippen molar-refractivity contribution in [1.29, 1.82) is 0 Å². The van der Waals surface area contributed by atoms with E-state index in [1.807, 2.05) is 60.7 Å². The zero-order valence-corrected chi connectivity index (χ0v) is 18.8. The number of hydrogen-bond acceptors (Lipinski definition) is 6. The Morgan fingerprint density at radius 3 is 2.34 bits per heavy atom. The molecule has 4 rings (SSSR count). The zero-order chi connectivity index (χ0) is 22.5. The maximum absolute atomic E-state index is 13.0. The van der Waals surface area contributed by atoms with Gasteiger partial charge in [-0.2, -0.15) is 0 Å². The van der Waals surface area contributed by atoms with E-state index in [1.54, 1.807) is 24.3 Å². The van der Waals surface area contributed by atoms with Crippen LogP contribution in [0.4, 0.5) is 5.69 Å². The molecule has 0 bridgehead atoms. The van der Waals surface area contributed by atoms with Crippen LogP contribution in [0.3, 0.4) is 0 Å². The van der Waals surface area contributed by atoms with Gasteiger partial charge in [0.05, 0.1) is 23.3 Å². The number of esters is 1. The highest BCUT2D eigenvalue weighted by atomic mass is 32.2. The molecule has 1 fully saturated rings. The minimum Gasteiger partial charge on any atom is -0.489 e. The van der Waals surface area contributed by atoms with Crippen LogP contribution in [0.2, 0.25) is 0 Å². The average molecular weight is 462 g/mol. The first-order chi connectivity index (χ1) is 15.5. The number of thiocarbonyl (C=S) groups is 1. The molecular formula is C25H19NO4S2. The molecule has 32 heavy (non-hydrogen) atoms. The second kappa shape index (κ2) is 9.80. The molecule has 160 valence electrons. The lowest BCUT2D eigenvalue weighted by Gasteiger charge is -2.14. The first-order valence-corrected chi connectivity index (χ1v) is 11.0. The second-order valence-electron chi connectivity index (χ2n) is 6.90. The van der Waals surface area contributed by atoms with Crippen LogP contribution in [-0.4, -0.2) is 23.3 Å². The van der Waals surface area contributed by atoms with Gasteiger partial charge in [0.2, 0.25) is 0 Å². The van der Waals surface area contributed by atoms with Crippen molar-refractivity contribution in [3.8, 4) is 5.75 Å². The Labute approximate surface area is 195 Å². The molecule has 7 heteroatoms. The molecule has 1 saturated heterocycles. The highest BCUT2D eigenvalue weighted by molar-refractivity contribution is 8.27. The molecule has 0 atom stereocenters. The summed E-state index contributed by atoms with van der Waals surface area (Å²) in [6.45, 7) is 0.494. The second-order valence-corrected chi connectivity index (χ2v) is 8.57. The van der Waals surface area contributed by atoms with Gasteiger partial charge in [-0.15, -0.1) is 0 Å². The predicted octanol–water partition coefficient (Wildman–Crippen LogP) is 5.46. The zero-order valence-electron chi connectivity index (χ0n) is 17.2. The van der Waals surface area contributed by atoms with Crippen molar-refractivity contribution in [2.75, 3.05) is 12.0 Å². The molecule has 0 aromatic heterocycles. The van der Waals surface area contributed by atoms with Gasteiger partial charge in [-0.05, 0) is 53.6 Å². The number of amides is 1. The molecule has 0 N–H and O–H groups in total. The van der Waals surface area contributed by atoms with E-state index >= 15 is 0 Å². The Balaban J connectivity index is 1.44. The summed E-state index contributed by atoms with van der Waals surface area (Å²) < 4.78 is 11.0. The fourth-order valence-corrected chi connectivity index (χ4v) is 4.41. The normalized spacial score (nSPS) is 14.7. The van der Waals surface area contributed by atoms with Gasteiger partial charge in [-0.25, -0.2) is 4.79 Å². The molecule has 3 aromatic rings. The van der Waals surface area contributed by atoms with Crippen molar-refractivity contribution in [3.63, 3.8) is 0 Å². The van der Waals surface area contributed by atoms with Crippen LogP contribution in [0.25, 0.3) is 6.08 Å². The number of nitrogens with zero attached hydrogens (tertiary/aromatic N) is 1. The predicted molar refractivity (Wildman–Crippen MR) is 131 cm³/mol. The van der Waals surface area contributed by atoms with E-state index in [0.717, 1.165) is 16.9 Å².